The molecule has 7 nitrogen and oxygen atoms in total. The normalized spacial score (nSPS) is 17.9. The fourth-order valence-corrected chi connectivity index (χ4v) is 3.26. The third-order valence-electron chi connectivity index (χ3n) is 4.85. The van der Waals surface area contributed by atoms with Crippen LogP contribution in [0.25, 0.3) is 0 Å². The minimum absolute atomic E-state index is 0.00509. The van der Waals surface area contributed by atoms with Crippen molar-refractivity contribution in [3.63, 3.8) is 0 Å². The highest BCUT2D eigenvalue weighted by atomic mass is 16.5. The number of rotatable bonds is 4. The Morgan fingerprint density at radius 3 is 2.39 bits per heavy atom. The summed E-state index contributed by atoms with van der Waals surface area (Å²) in [5, 5.41) is 15.7. The van der Waals surface area contributed by atoms with Gasteiger partial charge in [0, 0.05) is 18.7 Å². The van der Waals surface area contributed by atoms with Crippen LogP contribution in [0.15, 0.2) is 48.5 Å². The van der Waals surface area contributed by atoms with E-state index in [0.29, 0.717) is 24.1 Å². The molecule has 2 amide bonds. The fourth-order valence-electron chi connectivity index (χ4n) is 3.26. The Morgan fingerprint density at radius 1 is 1.04 bits per heavy atom. The Hall–Kier alpha value is -3.19. The number of aliphatic hydroxyl groups is 1. The van der Waals surface area contributed by atoms with E-state index in [9.17, 15) is 19.5 Å². The van der Waals surface area contributed by atoms with Crippen molar-refractivity contribution in [2.45, 2.75) is 24.9 Å². The van der Waals surface area contributed by atoms with E-state index >= 15 is 0 Å². The van der Waals surface area contributed by atoms with Crippen molar-refractivity contribution in [3.8, 4) is 0 Å². The van der Waals surface area contributed by atoms with Gasteiger partial charge >= 0.3 is 17.8 Å². The summed E-state index contributed by atoms with van der Waals surface area (Å²) in [7, 11) is 1.28. The summed E-state index contributed by atoms with van der Waals surface area (Å²) in [4.78, 5) is 35.6. The predicted octanol–water partition coefficient (Wildman–Crippen LogP) is 1.45. The van der Waals surface area contributed by atoms with Crippen molar-refractivity contribution in [2.24, 2.45) is 0 Å². The Balaban J connectivity index is 1.53. The number of fused-ring (bicyclic) bond motifs is 1. The maximum Gasteiger partial charge on any atom is 0.337 e. The van der Waals surface area contributed by atoms with E-state index in [1.807, 2.05) is 24.3 Å². The van der Waals surface area contributed by atoms with Crippen molar-refractivity contribution in [1.29, 1.82) is 0 Å². The van der Waals surface area contributed by atoms with E-state index in [1.54, 1.807) is 0 Å². The van der Waals surface area contributed by atoms with Crippen LogP contribution in [0, 0.1) is 0 Å². The first-order valence-corrected chi connectivity index (χ1v) is 8.97. The number of hydrogen-bond acceptors (Lipinski definition) is 5. The summed E-state index contributed by atoms with van der Waals surface area (Å²) in [6, 6.07) is 13.9. The van der Waals surface area contributed by atoms with Crippen LogP contribution in [0.1, 0.15) is 27.9 Å². The van der Waals surface area contributed by atoms with Gasteiger partial charge in [-0.25, -0.2) is 4.79 Å². The number of anilines is 1. The molecular weight excluding hydrogens is 360 g/mol. The van der Waals surface area contributed by atoms with Gasteiger partial charge in [-0.3, -0.25) is 9.59 Å². The minimum Gasteiger partial charge on any atom is -0.465 e. The Morgan fingerprint density at radius 2 is 1.71 bits per heavy atom. The molecule has 0 aromatic heterocycles. The molecular formula is C21H22N2O5. The lowest BCUT2D eigenvalue weighted by molar-refractivity contribution is -0.136. The van der Waals surface area contributed by atoms with Gasteiger partial charge in [-0.05, 0) is 48.2 Å². The highest BCUT2D eigenvalue weighted by Gasteiger charge is 2.32. The summed E-state index contributed by atoms with van der Waals surface area (Å²) in [5.74, 6) is -2.16. The van der Waals surface area contributed by atoms with Crippen molar-refractivity contribution in [3.05, 3.63) is 65.2 Å². The summed E-state index contributed by atoms with van der Waals surface area (Å²) in [5.41, 5.74) is 1.89. The van der Waals surface area contributed by atoms with Gasteiger partial charge in [0.1, 0.15) is 0 Å². The quantitative estimate of drug-likeness (QED) is 0.548. The predicted molar refractivity (Wildman–Crippen MR) is 103 cm³/mol. The zero-order valence-electron chi connectivity index (χ0n) is 15.5. The molecule has 0 heterocycles. The van der Waals surface area contributed by atoms with Crippen LogP contribution in [-0.4, -0.2) is 42.1 Å². The average Bonchev–Trinajstić information content (AvgIpc) is 2.72. The summed E-state index contributed by atoms with van der Waals surface area (Å²) < 4.78 is 4.60. The Labute approximate surface area is 162 Å². The third kappa shape index (κ3) is 4.55. The van der Waals surface area contributed by atoms with E-state index in [2.05, 4.69) is 15.4 Å². The van der Waals surface area contributed by atoms with Gasteiger partial charge in [0.15, 0.2) is 0 Å². The molecule has 0 aliphatic heterocycles. The van der Waals surface area contributed by atoms with Crippen LogP contribution >= 0.6 is 0 Å². The second kappa shape index (κ2) is 8.22. The molecule has 2 aromatic rings. The monoisotopic (exact) mass is 382 g/mol. The topological polar surface area (TPSA) is 105 Å². The molecule has 0 fully saturated rings. The van der Waals surface area contributed by atoms with Gasteiger partial charge in [0.05, 0.1) is 18.3 Å². The zero-order chi connectivity index (χ0) is 20.1. The highest BCUT2D eigenvalue weighted by molar-refractivity contribution is 6.39. The van der Waals surface area contributed by atoms with Gasteiger partial charge in [-0.1, -0.05) is 24.3 Å². The number of carbonyl (C=O) groups excluding carboxylic acids is 3. The lowest BCUT2D eigenvalue weighted by Crippen LogP contribution is -2.49. The zero-order valence-corrected chi connectivity index (χ0v) is 15.5. The van der Waals surface area contributed by atoms with Gasteiger partial charge in [-0.15, -0.1) is 0 Å². The van der Waals surface area contributed by atoms with Crippen LogP contribution in [0.2, 0.25) is 0 Å². The summed E-state index contributed by atoms with van der Waals surface area (Å²) >= 11 is 0. The molecule has 7 heteroatoms. The maximum atomic E-state index is 12.1. The van der Waals surface area contributed by atoms with Gasteiger partial charge < -0.3 is 20.5 Å². The van der Waals surface area contributed by atoms with Gasteiger partial charge in [0.25, 0.3) is 0 Å². The lowest BCUT2D eigenvalue weighted by atomic mass is 9.80. The molecule has 0 saturated heterocycles. The van der Waals surface area contributed by atoms with Crippen molar-refractivity contribution < 1.29 is 24.2 Å². The first-order valence-electron chi connectivity index (χ1n) is 8.97. The molecule has 1 atom stereocenters. The number of methoxy groups -OCH3 is 1. The molecule has 146 valence electrons. The SMILES string of the molecule is COC(=O)c1ccc(NC(=O)C(=O)NCC2(O)CCc3ccccc3C2)cc1. The maximum absolute atomic E-state index is 12.1. The minimum atomic E-state index is -1.08. The number of esters is 1. The molecule has 2 aromatic carbocycles. The smallest absolute Gasteiger partial charge is 0.337 e. The average molecular weight is 382 g/mol. The molecule has 3 N–H and O–H groups in total. The number of benzene rings is 2. The van der Waals surface area contributed by atoms with Crippen molar-refractivity contribution >= 4 is 23.5 Å². The second-order valence-corrected chi connectivity index (χ2v) is 6.88. The van der Waals surface area contributed by atoms with Crippen molar-refractivity contribution in [1.82, 2.24) is 5.32 Å². The Bertz CT molecular complexity index is 894. The lowest BCUT2D eigenvalue weighted by Gasteiger charge is -2.33. The van der Waals surface area contributed by atoms with Crippen molar-refractivity contribution in [2.75, 3.05) is 19.0 Å². The molecule has 0 bridgehead atoms. The summed E-state index contributed by atoms with van der Waals surface area (Å²) in [6.07, 6.45) is 1.67. The van der Waals surface area contributed by atoms with Gasteiger partial charge in [0.2, 0.25) is 0 Å². The Kier molecular flexibility index (Phi) is 5.75. The standard InChI is InChI=1S/C21H22N2O5/c1-28-20(26)15-6-8-17(9-7-15)23-19(25)18(24)22-13-21(27)11-10-14-4-2-3-5-16(14)12-21/h2-9,27H,10-13H2,1H3,(H,22,24)(H,23,25). The van der Waals surface area contributed by atoms with Crippen LogP contribution < -0.4 is 10.6 Å². The molecule has 1 aliphatic rings. The van der Waals surface area contributed by atoms with E-state index in [1.165, 1.54) is 36.9 Å². The molecule has 0 saturated carbocycles. The number of amides is 2. The molecule has 1 unspecified atom stereocenters. The first-order chi connectivity index (χ1) is 13.4. The van der Waals surface area contributed by atoms with Crippen LogP contribution in [0.5, 0.6) is 0 Å². The molecule has 3 rings (SSSR count). The number of hydrogen-bond donors (Lipinski definition) is 3. The first kappa shape index (κ1) is 19.6. The van der Waals surface area contributed by atoms with E-state index in [-0.39, 0.29) is 6.54 Å². The highest BCUT2D eigenvalue weighted by Crippen LogP contribution is 2.28. The third-order valence-corrected chi connectivity index (χ3v) is 4.85. The van der Waals surface area contributed by atoms with Crippen LogP contribution in [0.4, 0.5) is 5.69 Å². The second-order valence-electron chi connectivity index (χ2n) is 6.88. The number of aryl methyl sites for hydroxylation is 1. The van der Waals surface area contributed by atoms with E-state index in [0.717, 1.165) is 12.0 Å². The molecule has 0 radical (unpaired) electrons. The number of nitrogens with one attached hydrogen (secondary N) is 2. The van der Waals surface area contributed by atoms with Crippen LogP contribution in [0.3, 0.4) is 0 Å². The van der Waals surface area contributed by atoms with E-state index < -0.39 is 23.4 Å². The van der Waals surface area contributed by atoms with Crippen LogP contribution in [-0.2, 0) is 27.2 Å². The molecule has 1 aliphatic carbocycles. The number of ether oxygens (including phenoxy) is 1. The fraction of sp³-hybridized carbons (Fsp3) is 0.286. The molecule has 28 heavy (non-hydrogen) atoms. The van der Waals surface area contributed by atoms with E-state index in [4.69, 9.17) is 0 Å². The number of carbonyl (C=O) groups is 3. The molecule has 0 spiro atoms. The summed E-state index contributed by atoms with van der Waals surface area (Å²) in [6.45, 7) is -0.00509. The van der Waals surface area contributed by atoms with Gasteiger partial charge in [-0.2, -0.15) is 0 Å². The largest absolute Gasteiger partial charge is 0.465 e.